The van der Waals surface area contributed by atoms with Crippen LogP contribution < -0.4 is 5.32 Å². The Hall–Kier alpha value is -2.28. The number of amides is 2. The van der Waals surface area contributed by atoms with Gasteiger partial charge in [0.15, 0.2) is 0 Å². The van der Waals surface area contributed by atoms with Crippen LogP contribution in [0.2, 0.25) is 0 Å². The summed E-state index contributed by atoms with van der Waals surface area (Å²) in [6.45, 7) is 2.06. The van der Waals surface area contributed by atoms with Gasteiger partial charge in [0.25, 0.3) is 0 Å². The van der Waals surface area contributed by atoms with Gasteiger partial charge in [-0.25, -0.2) is 4.98 Å². The monoisotopic (exact) mass is 330 g/mol. The normalized spacial score (nSPS) is 15.7. The lowest BCUT2D eigenvalue weighted by molar-refractivity contribution is -0.132. The van der Waals surface area contributed by atoms with Gasteiger partial charge in [0.2, 0.25) is 11.8 Å². The summed E-state index contributed by atoms with van der Waals surface area (Å²) in [5.41, 5.74) is 2.04. The first kappa shape index (κ1) is 15.6. The first-order chi connectivity index (χ1) is 11.1. The molecule has 6 nitrogen and oxygen atoms in total. The predicted octanol–water partition coefficient (Wildman–Crippen LogP) is 1.58. The SMILES string of the molecule is CC(NC(=O)CN1CSCC1=O)c1ccc(-n2ccnc2)cc1. The van der Waals surface area contributed by atoms with Gasteiger partial charge in [-0.2, -0.15) is 0 Å². The van der Waals surface area contributed by atoms with Crippen molar-refractivity contribution in [2.24, 2.45) is 0 Å². The summed E-state index contributed by atoms with van der Waals surface area (Å²) in [5.74, 6) is 0.966. The maximum atomic E-state index is 12.1. The zero-order valence-electron chi connectivity index (χ0n) is 12.8. The molecule has 1 atom stereocenters. The first-order valence-electron chi connectivity index (χ1n) is 7.36. The van der Waals surface area contributed by atoms with Gasteiger partial charge in [-0.05, 0) is 24.6 Å². The fraction of sp³-hybridized carbons (Fsp3) is 0.312. The van der Waals surface area contributed by atoms with Gasteiger partial charge >= 0.3 is 0 Å². The highest BCUT2D eigenvalue weighted by Crippen LogP contribution is 2.17. The van der Waals surface area contributed by atoms with Crippen molar-refractivity contribution in [3.63, 3.8) is 0 Å². The molecule has 0 radical (unpaired) electrons. The van der Waals surface area contributed by atoms with E-state index in [4.69, 9.17) is 0 Å². The van der Waals surface area contributed by atoms with Crippen molar-refractivity contribution < 1.29 is 9.59 Å². The average Bonchev–Trinajstić information content (AvgIpc) is 3.20. The second-order valence-electron chi connectivity index (χ2n) is 5.42. The fourth-order valence-electron chi connectivity index (χ4n) is 2.43. The van der Waals surface area contributed by atoms with E-state index in [0.29, 0.717) is 11.6 Å². The molecule has 23 heavy (non-hydrogen) atoms. The van der Waals surface area contributed by atoms with Gasteiger partial charge in [0.1, 0.15) is 6.54 Å². The van der Waals surface area contributed by atoms with Gasteiger partial charge in [0.05, 0.1) is 24.0 Å². The van der Waals surface area contributed by atoms with Crippen LogP contribution in [0.15, 0.2) is 43.0 Å². The highest BCUT2D eigenvalue weighted by Gasteiger charge is 2.23. The number of imidazole rings is 1. The van der Waals surface area contributed by atoms with Crippen LogP contribution in [0.3, 0.4) is 0 Å². The third-order valence-electron chi connectivity index (χ3n) is 3.73. The molecular weight excluding hydrogens is 312 g/mol. The topological polar surface area (TPSA) is 67.2 Å². The number of hydrogen-bond acceptors (Lipinski definition) is 4. The standard InChI is InChI=1S/C16H18N4O2S/c1-12(18-15(21)8-20-11-23-9-16(20)22)13-2-4-14(5-3-13)19-7-6-17-10-19/h2-7,10,12H,8-9,11H2,1H3,(H,18,21). The lowest BCUT2D eigenvalue weighted by atomic mass is 10.1. The van der Waals surface area contributed by atoms with Crippen molar-refractivity contribution >= 4 is 23.6 Å². The zero-order chi connectivity index (χ0) is 16.2. The van der Waals surface area contributed by atoms with Gasteiger partial charge in [-0.1, -0.05) is 12.1 Å². The molecule has 0 spiro atoms. The molecule has 3 rings (SSSR count). The molecule has 1 unspecified atom stereocenters. The molecule has 1 aliphatic heterocycles. The predicted molar refractivity (Wildman–Crippen MR) is 89.2 cm³/mol. The summed E-state index contributed by atoms with van der Waals surface area (Å²) >= 11 is 1.54. The minimum absolute atomic E-state index is 0.0301. The van der Waals surface area contributed by atoms with Gasteiger partial charge in [-0.15, -0.1) is 11.8 Å². The quantitative estimate of drug-likeness (QED) is 0.904. The number of benzene rings is 1. The Labute approximate surface area is 138 Å². The number of carbonyl (C=O) groups excluding carboxylic acids is 2. The van der Waals surface area contributed by atoms with Crippen molar-refractivity contribution in [3.8, 4) is 5.69 Å². The molecule has 1 fully saturated rings. The highest BCUT2D eigenvalue weighted by atomic mass is 32.2. The summed E-state index contributed by atoms with van der Waals surface area (Å²) < 4.78 is 1.92. The van der Waals surface area contributed by atoms with Crippen LogP contribution in [0.5, 0.6) is 0 Å². The number of rotatable bonds is 5. The summed E-state index contributed by atoms with van der Waals surface area (Å²) in [7, 11) is 0. The minimum atomic E-state index is -0.132. The molecule has 2 aromatic rings. The average molecular weight is 330 g/mol. The summed E-state index contributed by atoms with van der Waals surface area (Å²) in [4.78, 5) is 29.2. The summed E-state index contributed by atoms with van der Waals surface area (Å²) in [5, 5.41) is 2.94. The summed E-state index contributed by atoms with van der Waals surface area (Å²) in [6, 6.07) is 7.83. The first-order valence-corrected chi connectivity index (χ1v) is 8.52. The molecule has 1 N–H and O–H groups in total. The van der Waals surface area contributed by atoms with Crippen LogP contribution in [0.4, 0.5) is 0 Å². The van der Waals surface area contributed by atoms with Crippen molar-refractivity contribution in [1.29, 1.82) is 0 Å². The van der Waals surface area contributed by atoms with E-state index in [1.807, 2.05) is 42.0 Å². The van der Waals surface area contributed by atoms with E-state index in [-0.39, 0.29) is 24.4 Å². The lowest BCUT2D eigenvalue weighted by Crippen LogP contribution is -2.39. The second kappa shape index (κ2) is 6.87. The largest absolute Gasteiger partial charge is 0.348 e. The Morgan fingerprint density at radius 3 is 2.78 bits per heavy atom. The molecule has 2 amide bonds. The Morgan fingerprint density at radius 2 is 2.17 bits per heavy atom. The molecule has 1 aliphatic rings. The number of carbonyl (C=O) groups is 2. The van der Waals surface area contributed by atoms with Crippen LogP contribution in [0.25, 0.3) is 5.69 Å². The summed E-state index contributed by atoms with van der Waals surface area (Å²) in [6.07, 6.45) is 5.35. The van der Waals surface area contributed by atoms with Crippen LogP contribution in [-0.2, 0) is 9.59 Å². The molecule has 2 heterocycles. The fourth-order valence-corrected chi connectivity index (χ4v) is 3.34. The van der Waals surface area contributed by atoms with Crippen LogP contribution in [0, 0.1) is 0 Å². The number of nitrogens with one attached hydrogen (secondary N) is 1. The Bertz CT molecular complexity index is 685. The van der Waals surface area contributed by atoms with Gasteiger partial charge in [-0.3, -0.25) is 9.59 Å². The minimum Gasteiger partial charge on any atom is -0.348 e. The van der Waals surface area contributed by atoms with E-state index in [1.54, 1.807) is 17.4 Å². The maximum absolute atomic E-state index is 12.1. The highest BCUT2D eigenvalue weighted by molar-refractivity contribution is 8.00. The molecule has 1 aromatic carbocycles. The van der Waals surface area contributed by atoms with E-state index < -0.39 is 0 Å². The number of hydrogen-bond donors (Lipinski definition) is 1. The molecule has 7 heteroatoms. The van der Waals surface area contributed by atoms with Crippen molar-refractivity contribution in [2.75, 3.05) is 18.2 Å². The number of nitrogens with zero attached hydrogens (tertiary/aromatic N) is 3. The smallest absolute Gasteiger partial charge is 0.240 e. The van der Waals surface area contributed by atoms with E-state index >= 15 is 0 Å². The van der Waals surface area contributed by atoms with Crippen molar-refractivity contribution in [3.05, 3.63) is 48.5 Å². The maximum Gasteiger partial charge on any atom is 0.240 e. The van der Waals surface area contributed by atoms with E-state index in [9.17, 15) is 9.59 Å². The second-order valence-corrected chi connectivity index (χ2v) is 6.38. The van der Waals surface area contributed by atoms with E-state index in [0.717, 1.165) is 11.3 Å². The molecule has 0 bridgehead atoms. The molecule has 0 aliphatic carbocycles. The molecular formula is C16H18N4O2S. The van der Waals surface area contributed by atoms with Crippen LogP contribution in [0.1, 0.15) is 18.5 Å². The number of thioether (sulfide) groups is 1. The van der Waals surface area contributed by atoms with Gasteiger partial charge < -0.3 is 14.8 Å². The Kier molecular flexibility index (Phi) is 4.66. The van der Waals surface area contributed by atoms with Crippen LogP contribution in [-0.4, -0.2) is 44.4 Å². The Balaban J connectivity index is 1.58. The van der Waals surface area contributed by atoms with Crippen molar-refractivity contribution in [2.45, 2.75) is 13.0 Å². The molecule has 1 saturated heterocycles. The van der Waals surface area contributed by atoms with E-state index in [1.165, 1.54) is 11.8 Å². The Morgan fingerprint density at radius 1 is 1.39 bits per heavy atom. The zero-order valence-corrected chi connectivity index (χ0v) is 13.6. The van der Waals surface area contributed by atoms with Gasteiger partial charge in [0, 0.05) is 18.1 Å². The van der Waals surface area contributed by atoms with Crippen molar-refractivity contribution in [1.82, 2.24) is 19.8 Å². The number of aromatic nitrogens is 2. The third-order valence-corrected chi connectivity index (χ3v) is 4.68. The molecule has 120 valence electrons. The molecule has 0 saturated carbocycles. The van der Waals surface area contributed by atoms with Crippen LogP contribution >= 0.6 is 11.8 Å². The lowest BCUT2D eigenvalue weighted by Gasteiger charge is -2.18. The van der Waals surface area contributed by atoms with E-state index in [2.05, 4.69) is 10.3 Å². The molecule has 1 aromatic heterocycles. The third kappa shape index (κ3) is 3.73.